The lowest BCUT2D eigenvalue weighted by Crippen LogP contribution is -2.01. The molecule has 0 aliphatic heterocycles. The number of benzene rings is 1. The van der Waals surface area contributed by atoms with Crippen molar-refractivity contribution in [3.8, 4) is 10.6 Å². The predicted octanol–water partition coefficient (Wildman–Crippen LogP) is 4.87. The molecule has 2 aromatic heterocycles. The van der Waals surface area contributed by atoms with Crippen molar-refractivity contribution in [3.63, 3.8) is 0 Å². The van der Waals surface area contributed by atoms with Crippen molar-refractivity contribution in [2.24, 2.45) is 0 Å². The van der Waals surface area contributed by atoms with E-state index in [-0.39, 0.29) is 11.1 Å². The van der Waals surface area contributed by atoms with Crippen LogP contribution in [-0.4, -0.2) is 16.1 Å². The maximum Gasteiger partial charge on any atom is 0.336 e. The Labute approximate surface area is 132 Å². The molecule has 0 saturated carbocycles. The summed E-state index contributed by atoms with van der Waals surface area (Å²) in [4.78, 5) is 16.5. The lowest BCUT2D eigenvalue weighted by atomic mass is 10.0. The van der Waals surface area contributed by atoms with Crippen LogP contribution in [0.25, 0.3) is 21.5 Å². The largest absolute Gasteiger partial charge is 0.478 e. The monoisotopic (exact) mass is 365 g/mol. The molecule has 1 N–H and O–H groups in total. The van der Waals surface area contributed by atoms with Crippen LogP contribution in [0.15, 0.2) is 34.1 Å². The molecule has 0 aliphatic rings. The fraction of sp³-hybridized carbons (Fsp3) is 0.0667. The van der Waals surface area contributed by atoms with Crippen LogP contribution in [-0.2, 0) is 0 Å². The highest BCUT2D eigenvalue weighted by Gasteiger charge is 2.16. The van der Waals surface area contributed by atoms with E-state index in [1.165, 1.54) is 23.5 Å². The van der Waals surface area contributed by atoms with Gasteiger partial charge in [-0.2, -0.15) is 0 Å². The third-order valence-electron chi connectivity index (χ3n) is 3.07. The maximum atomic E-state index is 14.1. The van der Waals surface area contributed by atoms with Crippen LogP contribution in [0.4, 0.5) is 4.39 Å². The maximum absolute atomic E-state index is 14.1. The van der Waals surface area contributed by atoms with Gasteiger partial charge in [0.2, 0.25) is 0 Å². The summed E-state index contributed by atoms with van der Waals surface area (Å²) < 4.78 is 15.0. The molecule has 3 rings (SSSR count). The standard InChI is InChI=1S/C15H9BrFNO2S/c1-7-4-8-9(15(19)20)6-11(12-2-3-13(16)21-12)18-14(8)10(17)5-7/h2-6H,1H3,(H,19,20). The van der Waals surface area contributed by atoms with Gasteiger partial charge in [0.25, 0.3) is 0 Å². The van der Waals surface area contributed by atoms with E-state index in [1.807, 2.05) is 12.1 Å². The zero-order valence-electron chi connectivity index (χ0n) is 10.9. The number of aromatic carboxylic acids is 1. The van der Waals surface area contributed by atoms with Crippen molar-refractivity contribution in [1.29, 1.82) is 0 Å². The lowest BCUT2D eigenvalue weighted by Gasteiger charge is -2.07. The number of thiophene rings is 1. The van der Waals surface area contributed by atoms with E-state index in [4.69, 9.17) is 0 Å². The minimum atomic E-state index is -1.09. The van der Waals surface area contributed by atoms with Gasteiger partial charge in [-0.3, -0.25) is 0 Å². The van der Waals surface area contributed by atoms with Gasteiger partial charge < -0.3 is 5.11 Å². The van der Waals surface area contributed by atoms with Crippen LogP contribution in [0.5, 0.6) is 0 Å². The summed E-state index contributed by atoms with van der Waals surface area (Å²) in [7, 11) is 0. The Kier molecular flexibility index (Phi) is 3.51. The third-order valence-corrected chi connectivity index (χ3v) is 4.71. The second-order valence-electron chi connectivity index (χ2n) is 4.61. The van der Waals surface area contributed by atoms with E-state index < -0.39 is 11.8 Å². The Bertz CT molecular complexity index is 875. The van der Waals surface area contributed by atoms with Gasteiger partial charge in [0.15, 0.2) is 0 Å². The molecule has 3 aromatic rings. The van der Waals surface area contributed by atoms with Gasteiger partial charge in [-0.05, 0) is 58.7 Å². The van der Waals surface area contributed by atoms with E-state index in [0.717, 1.165) is 8.66 Å². The van der Waals surface area contributed by atoms with Crippen molar-refractivity contribution in [2.75, 3.05) is 0 Å². The van der Waals surface area contributed by atoms with E-state index >= 15 is 0 Å². The van der Waals surface area contributed by atoms with E-state index in [2.05, 4.69) is 20.9 Å². The Balaban J connectivity index is 2.37. The molecule has 0 atom stereocenters. The molecule has 6 heteroatoms. The quantitative estimate of drug-likeness (QED) is 0.704. The van der Waals surface area contributed by atoms with Crippen LogP contribution < -0.4 is 0 Å². The second kappa shape index (κ2) is 5.20. The van der Waals surface area contributed by atoms with Crippen LogP contribution in [0.1, 0.15) is 15.9 Å². The van der Waals surface area contributed by atoms with Crippen LogP contribution in [0.2, 0.25) is 0 Å². The first-order valence-corrected chi connectivity index (χ1v) is 7.66. The van der Waals surface area contributed by atoms with Gasteiger partial charge in [-0.1, -0.05) is 0 Å². The number of carbonyl (C=O) groups is 1. The van der Waals surface area contributed by atoms with Gasteiger partial charge in [0.05, 0.1) is 19.9 Å². The molecule has 106 valence electrons. The number of hydrogen-bond donors (Lipinski definition) is 1. The minimum absolute atomic E-state index is 0.0575. The predicted molar refractivity (Wildman–Crippen MR) is 84.4 cm³/mol. The first-order valence-electron chi connectivity index (χ1n) is 6.05. The van der Waals surface area contributed by atoms with Gasteiger partial charge >= 0.3 is 5.97 Å². The zero-order valence-corrected chi connectivity index (χ0v) is 13.3. The van der Waals surface area contributed by atoms with Crippen molar-refractivity contribution < 1.29 is 14.3 Å². The highest BCUT2D eigenvalue weighted by molar-refractivity contribution is 9.11. The third kappa shape index (κ3) is 2.56. The molecular formula is C15H9BrFNO2S. The first-order chi connectivity index (χ1) is 9.95. The number of carboxylic acid groups (broad SMARTS) is 1. The summed E-state index contributed by atoms with van der Waals surface area (Å²) in [6, 6.07) is 8.15. The normalized spacial score (nSPS) is 11.0. The van der Waals surface area contributed by atoms with E-state index in [1.54, 1.807) is 13.0 Å². The van der Waals surface area contributed by atoms with Crippen molar-refractivity contribution in [3.05, 3.63) is 51.1 Å². The number of pyridine rings is 1. The highest BCUT2D eigenvalue weighted by Crippen LogP contribution is 2.33. The summed E-state index contributed by atoms with van der Waals surface area (Å²) in [5, 5.41) is 9.70. The number of halogens is 2. The molecule has 2 heterocycles. The highest BCUT2D eigenvalue weighted by atomic mass is 79.9. The Morgan fingerprint density at radius 1 is 1.33 bits per heavy atom. The number of aromatic nitrogens is 1. The molecule has 0 radical (unpaired) electrons. The second-order valence-corrected chi connectivity index (χ2v) is 7.07. The van der Waals surface area contributed by atoms with Crippen molar-refractivity contribution >= 4 is 44.1 Å². The number of fused-ring (bicyclic) bond motifs is 1. The fourth-order valence-electron chi connectivity index (χ4n) is 2.18. The molecule has 0 amide bonds. The number of aryl methyl sites for hydroxylation is 1. The molecule has 0 aliphatic carbocycles. The average molecular weight is 366 g/mol. The fourth-order valence-corrected chi connectivity index (χ4v) is 3.52. The van der Waals surface area contributed by atoms with Crippen LogP contribution in [0, 0.1) is 12.7 Å². The minimum Gasteiger partial charge on any atom is -0.478 e. The first kappa shape index (κ1) is 14.2. The Morgan fingerprint density at radius 2 is 2.10 bits per heavy atom. The summed E-state index contributed by atoms with van der Waals surface area (Å²) in [5.74, 6) is -1.60. The SMILES string of the molecule is Cc1cc(F)c2nc(-c3ccc(Br)s3)cc(C(=O)O)c2c1. The zero-order chi connectivity index (χ0) is 15.1. The molecular weight excluding hydrogens is 357 g/mol. The molecule has 0 unspecified atom stereocenters. The Morgan fingerprint density at radius 3 is 2.71 bits per heavy atom. The molecule has 3 nitrogen and oxygen atoms in total. The summed E-state index contributed by atoms with van der Waals surface area (Å²) in [5.41, 5.74) is 1.26. The van der Waals surface area contributed by atoms with E-state index in [9.17, 15) is 14.3 Å². The molecule has 0 fully saturated rings. The molecule has 0 spiro atoms. The van der Waals surface area contributed by atoms with Gasteiger partial charge in [-0.15, -0.1) is 11.3 Å². The Hall–Kier alpha value is -1.79. The summed E-state index contributed by atoms with van der Waals surface area (Å²) >= 11 is 4.77. The smallest absolute Gasteiger partial charge is 0.336 e. The van der Waals surface area contributed by atoms with Gasteiger partial charge in [0, 0.05) is 5.39 Å². The number of carboxylic acids is 1. The summed E-state index contributed by atoms with van der Waals surface area (Å²) in [6.45, 7) is 1.72. The summed E-state index contributed by atoms with van der Waals surface area (Å²) in [6.07, 6.45) is 0. The van der Waals surface area contributed by atoms with Gasteiger partial charge in [-0.25, -0.2) is 14.2 Å². The molecule has 0 saturated heterocycles. The number of rotatable bonds is 2. The molecule has 21 heavy (non-hydrogen) atoms. The topological polar surface area (TPSA) is 50.2 Å². The van der Waals surface area contributed by atoms with E-state index in [0.29, 0.717) is 16.6 Å². The van der Waals surface area contributed by atoms with Crippen LogP contribution in [0.3, 0.4) is 0 Å². The van der Waals surface area contributed by atoms with Crippen molar-refractivity contribution in [2.45, 2.75) is 6.92 Å². The lowest BCUT2D eigenvalue weighted by molar-refractivity contribution is 0.0699. The molecule has 1 aromatic carbocycles. The van der Waals surface area contributed by atoms with Gasteiger partial charge in [0.1, 0.15) is 11.3 Å². The van der Waals surface area contributed by atoms with Crippen LogP contribution >= 0.6 is 27.3 Å². The molecule has 0 bridgehead atoms. The number of nitrogens with zero attached hydrogens (tertiary/aromatic N) is 1. The number of hydrogen-bond acceptors (Lipinski definition) is 3. The average Bonchev–Trinajstić information content (AvgIpc) is 2.84. The van der Waals surface area contributed by atoms with Crippen molar-refractivity contribution in [1.82, 2.24) is 4.98 Å².